The van der Waals surface area contributed by atoms with Crippen LogP contribution >= 0.6 is 0 Å². The highest BCUT2D eigenvalue weighted by Crippen LogP contribution is 2.14. The highest BCUT2D eigenvalue weighted by Gasteiger charge is 2.15. The molecule has 0 spiro atoms. The molecule has 0 aliphatic heterocycles. The molecule has 0 atom stereocenters. The maximum Gasteiger partial charge on any atom is 0.338 e. The monoisotopic (exact) mass is 359 g/mol. The molecule has 0 fully saturated rings. The number of aromatic nitrogens is 2. The number of rotatable bonds is 5. The first-order valence-corrected chi connectivity index (χ1v) is 9.03. The van der Waals surface area contributed by atoms with Crippen molar-refractivity contribution in [1.82, 2.24) is 14.1 Å². The maximum absolute atomic E-state index is 12.2. The van der Waals surface area contributed by atoms with Gasteiger partial charge in [-0.1, -0.05) is 12.1 Å². The van der Waals surface area contributed by atoms with Gasteiger partial charge in [-0.05, 0) is 43.8 Å². The van der Waals surface area contributed by atoms with Gasteiger partial charge in [0.2, 0.25) is 10.0 Å². The van der Waals surface area contributed by atoms with E-state index >= 15 is 0 Å². The lowest BCUT2D eigenvalue weighted by Gasteiger charge is -2.06. The number of sulfonamides is 1. The predicted octanol–water partition coefficient (Wildman–Crippen LogP) is 1.91. The van der Waals surface area contributed by atoms with Crippen molar-refractivity contribution in [2.24, 2.45) is 0 Å². The molecule has 130 valence electrons. The number of hydrogen-bond donors (Lipinski definition) is 1. The number of imidazole rings is 1. The predicted molar refractivity (Wildman–Crippen MR) is 91.7 cm³/mol. The normalized spacial score (nSPS) is 11.6. The average molecular weight is 359 g/mol. The van der Waals surface area contributed by atoms with Crippen LogP contribution in [0.25, 0.3) is 5.65 Å². The van der Waals surface area contributed by atoms with Gasteiger partial charge < -0.3 is 9.14 Å². The smallest absolute Gasteiger partial charge is 0.338 e. The van der Waals surface area contributed by atoms with Crippen LogP contribution in [-0.2, 0) is 21.4 Å². The fraction of sp³-hybridized carbons (Fsp3) is 0.176. The van der Waals surface area contributed by atoms with Crippen molar-refractivity contribution < 1.29 is 17.9 Å². The maximum atomic E-state index is 12.2. The van der Waals surface area contributed by atoms with Gasteiger partial charge in [0, 0.05) is 12.4 Å². The van der Waals surface area contributed by atoms with Gasteiger partial charge in [0.15, 0.2) is 0 Å². The highest BCUT2D eigenvalue weighted by atomic mass is 32.2. The zero-order valence-corrected chi connectivity index (χ0v) is 14.6. The molecule has 25 heavy (non-hydrogen) atoms. The molecule has 0 aliphatic carbocycles. The quantitative estimate of drug-likeness (QED) is 0.703. The third-order valence-electron chi connectivity index (χ3n) is 3.73. The Labute approximate surface area is 145 Å². The van der Waals surface area contributed by atoms with E-state index in [9.17, 15) is 13.2 Å². The SMILES string of the molecule is CNS(=O)(=O)c1cccc(C(=O)OCc2cn3cccc(C)c3n2)c1. The molecule has 0 radical (unpaired) electrons. The first-order valence-electron chi connectivity index (χ1n) is 7.54. The van der Waals surface area contributed by atoms with Crippen molar-refractivity contribution in [1.29, 1.82) is 0 Å². The number of ether oxygens (including phenoxy) is 1. The molecule has 1 N–H and O–H groups in total. The molecule has 8 heteroatoms. The summed E-state index contributed by atoms with van der Waals surface area (Å²) in [7, 11) is -2.31. The Morgan fingerprint density at radius 3 is 2.80 bits per heavy atom. The minimum Gasteiger partial charge on any atom is -0.456 e. The fourth-order valence-electron chi connectivity index (χ4n) is 2.40. The molecule has 1 aromatic carbocycles. The fourth-order valence-corrected chi connectivity index (χ4v) is 3.18. The summed E-state index contributed by atoms with van der Waals surface area (Å²) >= 11 is 0. The molecule has 0 saturated carbocycles. The molecule has 7 nitrogen and oxygen atoms in total. The van der Waals surface area contributed by atoms with Gasteiger partial charge in [-0.15, -0.1) is 0 Å². The van der Waals surface area contributed by atoms with E-state index in [1.165, 1.54) is 31.3 Å². The molecule has 2 heterocycles. The Kier molecular flexibility index (Phi) is 4.56. The molecular weight excluding hydrogens is 342 g/mol. The van der Waals surface area contributed by atoms with Crippen LogP contribution < -0.4 is 4.72 Å². The van der Waals surface area contributed by atoms with Crippen LogP contribution in [0.2, 0.25) is 0 Å². The van der Waals surface area contributed by atoms with Gasteiger partial charge in [0.1, 0.15) is 12.3 Å². The van der Waals surface area contributed by atoms with E-state index in [2.05, 4.69) is 9.71 Å². The third kappa shape index (κ3) is 3.54. The van der Waals surface area contributed by atoms with Gasteiger partial charge >= 0.3 is 5.97 Å². The number of fused-ring (bicyclic) bond motifs is 1. The van der Waals surface area contributed by atoms with E-state index < -0.39 is 16.0 Å². The Hall–Kier alpha value is -2.71. The number of carbonyl (C=O) groups excluding carboxylic acids is 1. The van der Waals surface area contributed by atoms with Gasteiger partial charge in [0.05, 0.1) is 16.2 Å². The minimum atomic E-state index is -3.62. The summed E-state index contributed by atoms with van der Waals surface area (Å²) in [5.74, 6) is -0.609. The summed E-state index contributed by atoms with van der Waals surface area (Å²) in [6, 6.07) is 9.55. The van der Waals surface area contributed by atoms with Crippen LogP contribution in [-0.4, -0.2) is 30.8 Å². The molecule has 0 bridgehead atoms. The molecule has 0 amide bonds. The third-order valence-corrected chi connectivity index (χ3v) is 5.14. The molecule has 2 aromatic heterocycles. The van der Waals surface area contributed by atoms with Crippen LogP contribution in [0, 0.1) is 6.92 Å². The summed E-state index contributed by atoms with van der Waals surface area (Å²) in [5, 5.41) is 0. The Morgan fingerprint density at radius 1 is 1.28 bits per heavy atom. The Balaban J connectivity index is 1.76. The zero-order valence-electron chi connectivity index (χ0n) is 13.8. The number of esters is 1. The Morgan fingerprint density at radius 2 is 2.08 bits per heavy atom. The van der Waals surface area contributed by atoms with E-state index in [1.54, 1.807) is 6.20 Å². The number of nitrogens with zero attached hydrogens (tertiary/aromatic N) is 2. The van der Waals surface area contributed by atoms with Crippen molar-refractivity contribution in [2.75, 3.05) is 7.05 Å². The molecule has 3 rings (SSSR count). The second-order valence-electron chi connectivity index (χ2n) is 5.47. The van der Waals surface area contributed by atoms with E-state index in [-0.39, 0.29) is 17.1 Å². The van der Waals surface area contributed by atoms with Crippen LogP contribution in [0.3, 0.4) is 0 Å². The summed E-state index contributed by atoms with van der Waals surface area (Å²) in [4.78, 5) is 16.6. The van der Waals surface area contributed by atoms with Crippen LogP contribution in [0.4, 0.5) is 0 Å². The largest absolute Gasteiger partial charge is 0.456 e. The summed E-state index contributed by atoms with van der Waals surface area (Å²) in [5.41, 5.74) is 2.60. The lowest BCUT2D eigenvalue weighted by molar-refractivity contribution is 0.0468. The summed E-state index contributed by atoms with van der Waals surface area (Å²) < 4.78 is 32.9. The van der Waals surface area contributed by atoms with Gasteiger partial charge in [-0.3, -0.25) is 0 Å². The van der Waals surface area contributed by atoms with Crippen LogP contribution in [0.5, 0.6) is 0 Å². The van der Waals surface area contributed by atoms with Gasteiger partial charge in [0.25, 0.3) is 0 Å². The van der Waals surface area contributed by atoms with E-state index in [0.717, 1.165) is 11.2 Å². The number of pyridine rings is 1. The average Bonchev–Trinajstić information content (AvgIpc) is 3.04. The van der Waals surface area contributed by atoms with Crippen molar-refractivity contribution >= 4 is 21.6 Å². The standard InChI is InChI=1S/C17H17N3O4S/c1-12-5-4-8-20-10-14(19-16(12)20)11-24-17(21)13-6-3-7-15(9-13)25(22,23)18-2/h3-10,18H,11H2,1-2H3. The van der Waals surface area contributed by atoms with Crippen molar-refractivity contribution in [3.05, 3.63) is 65.6 Å². The first kappa shape index (κ1) is 17.1. The molecular formula is C17H17N3O4S. The second-order valence-corrected chi connectivity index (χ2v) is 7.35. The number of nitrogens with one attached hydrogen (secondary N) is 1. The lowest BCUT2D eigenvalue weighted by atomic mass is 10.2. The zero-order chi connectivity index (χ0) is 18.0. The molecule has 3 aromatic rings. The molecule has 0 saturated heterocycles. The number of hydrogen-bond acceptors (Lipinski definition) is 5. The molecule has 0 unspecified atom stereocenters. The van der Waals surface area contributed by atoms with E-state index in [1.807, 2.05) is 29.7 Å². The molecule has 0 aliphatic rings. The van der Waals surface area contributed by atoms with Crippen molar-refractivity contribution in [3.63, 3.8) is 0 Å². The van der Waals surface area contributed by atoms with Gasteiger partial charge in [-0.2, -0.15) is 0 Å². The summed E-state index contributed by atoms with van der Waals surface area (Å²) in [6.07, 6.45) is 3.66. The highest BCUT2D eigenvalue weighted by molar-refractivity contribution is 7.89. The number of benzene rings is 1. The van der Waals surface area contributed by atoms with E-state index in [4.69, 9.17) is 4.74 Å². The van der Waals surface area contributed by atoms with Crippen molar-refractivity contribution in [2.45, 2.75) is 18.4 Å². The first-order chi connectivity index (χ1) is 11.9. The van der Waals surface area contributed by atoms with E-state index in [0.29, 0.717) is 5.69 Å². The topological polar surface area (TPSA) is 89.8 Å². The minimum absolute atomic E-state index is 0.00294. The lowest BCUT2D eigenvalue weighted by Crippen LogP contribution is -2.19. The van der Waals surface area contributed by atoms with Crippen LogP contribution in [0.1, 0.15) is 21.6 Å². The Bertz CT molecular complexity index is 1040. The second kappa shape index (κ2) is 6.66. The summed E-state index contributed by atoms with van der Waals surface area (Å²) in [6.45, 7) is 1.95. The number of aryl methyl sites for hydroxylation is 1. The van der Waals surface area contributed by atoms with Crippen LogP contribution in [0.15, 0.2) is 53.7 Å². The van der Waals surface area contributed by atoms with Gasteiger partial charge in [-0.25, -0.2) is 22.9 Å². The number of carbonyl (C=O) groups is 1. The van der Waals surface area contributed by atoms with Crippen molar-refractivity contribution in [3.8, 4) is 0 Å².